The average Bonchev–Trinajstić information content (AvgIpc) is 2.70. The number of rotatable bonds is 9. The van der Waals surface area contributed by atoms with E-state index in [0.717, 1.165) is 0 Å². The molecule has 2 rings (SSSR count). The molecule has 8 heteroatoms. The van der Waals surface area contributed by atoms with E-state index in [2.05, 4.69) is 4.74 Å². The van der Waals surface area contributed by atoms with Crippen LogP contribution >= 0.6 is 0 Å². The highest BCUT2D eigenvalue weighted by Crippen LogP contribution is 2.19. The van der Waals surface area contributed by atoms with E-state index in [9.17, 15) is 14.4 Å². The van der Waals surface area contributed by atoms with Gasteiger partial charge in [-0.15, -0.1) is 0 Å². The molecule has 0 bridgehead atoms. The molecule has 8 nitrogen and oxygen atoms in total. The number of carbonyl (C=O) groups is 3. The Kier molecular flexibility index (Phi) is 8.32. The van der Waals surface area contributed by atoms with E-state index in [1.54, 1.807) is 25.1 Å². The number of benzene rings is 2. The molecule has 28 heavy (non-hydrogen) atoms. The Morgan fingerprint density at radius 3 is 2.29 bits per heavy atom. The van der Waals surface area contributed by atoms with Crippen molar-refractivity contribution in [1.29, 1.82) is 0 Å². The van der Waals surface area contributed by atoms with Gasteiger partial charge in [0.05, 0.1) is 6.61 Å². The topological polar surface area (TPSA) is 100 Å². The summed E-state index contributed by atoms with van der Waals surface area (Å²) >= 11 is 0. The zero-order chi connectivity index (χ0) is 20.2. The first kappa shape index (κ1) is 20.8. The molecule has 0 aliphatic heterocycles. The van der Waals surface area contributed by atoms with Crippen molar-refractivity contribution < 1.29 is 33.3 Å². The summed E-state index contributed by atoms with van der Waals surface area (Å²) in [5.41, 5.74) is 0.158. The number of amides is 2. The maximum Gasteiger partial charge on any atom is 0.413 e. The number of imide groups is 1. The number of alkyl carbamates (subject to hydrolysis) is 1. The standard InChI is InChI=1S/C20H21NO7/c1-2-25-20(24)21-18(22)14-28-19(23)16-10-6-7-11-17(16)27-13-12-26-15-8-4-3-5-9-15/h3-11H,2,12-14H2,1H3,(H,21,22,24). The minimum Gasteiger partial charge on any atom is -0.490 e. The summed E-state index contributed by atoms with van der Waals surface area (Å²) in [4.78, 5) is 34.9. The Labute approximate surface area is 162 Å². The zero-order valence-corrected chi connectivity index (χ0v) is 15.4. The van der Waals surface area contributed by atoms with Gasteiger partial charge in [-0.1, -0.05) is 30.3 Å². The fourth-order valence-corrected chi connectivity index (χ4v) is 2.11. The molecular formula is C20H21NO7. The monoisotopic (exact) mass is 387 g/mol. The molecule has 0 aromatic heterocycles. The van der Waals surface area contributed by atoms with Crippen LogP contribution in [0.2, 0.25) is 0 Å². The highest BCUT2D eigenvalue weighted by atomic mass is 16.6. The summed E-state index contributed by atoms with van der Waals surface area (Å²) in [7, 11) is 0. The lowest BCUT2D eigenvalue weighted by Gasteiger charge is -2.12. The quantitative estimate of drug-likeness (QED) is 0.521. The Balaban J connectivity index is 1.82. The maximum atomic E-state index is 12.2. The van der Waals surface area contributed by atoms with Crippen molar-refractivity contribution in [3.8, 4) is 11.5 Å². The van der Waals surface area contributed by atoms with E-state index in [1.165, 1.54) is 6.07 Å². The van der Waals surface area contributed by atoms with Crippen LogP contribution in [0.3, 0.4) is 0 Å². The molecule has 0 saturated carbocycles. The van der Waals surface area contributed by atoms with Gasteiger partial charge in [-0.3, -0.25) is 10.1 Å². The van der Waals surface area contributed by atoms with E-state index in [1.807, 2.05) is 35.6 Å². The largest absolute Gasteiger partial charge is 0.490 e. The fourth-order valence-electron chi connectivity index (χ4n) is 2.11. The molecule has 0 saturated heterocycles. The predicted octanol–water partition coefficient (Wildman–Crippen LogP) is 2.57. The second-order valence-corrected chi connectivity index (χ2v) is 5.35. The molecule has 2 amide bonds. The number of hydrogen-bond donors (Lipinski definition) is 1. The van der Waals surface area contributed by atoms with E-state index >= 15 is 0 Å². The van der Waals surface area contributed by atoms with Gasteiger partial charge in [0.25, 0.3) is 5.91 Å². The summed E-state index contributed by atoms with van der Waals surface area (Å²) < 4.78 is 20.6. The van der Waals surface area contributed by atoms with Crippen LogP contribution in [0, 0.1) is 0 Å². The Bertz CT molecular complexity index is 792. The molecule has 0 spiro atoms. The number of carbonyl (C=O) groups excluding carboxylic acids is 3. The zero-order valence-electron chi connectivity index (χ0n) is 15.4. The Morgan fingerprint density at radius 1 is 0.857 bits per heavy atom. The fraction of sp³-hybridized carbons (Fsp3) is 0.250. The third-order valence-corrected chi connectivity index (χ3v) is 3.31. The van der Waals surface area contributed by atoms with Gasteiger partial charge >= 0.3 is 12.1 Å². The van der Waals surface area contributed by atoms with Gasteiger partial charge in [-0.2, -0.15) is 0 Å². The van der Waals surface area contributed by atoms with Crippen LogP contribution in [0.15, 0.2) is 54.6 Å². The molecule has 2 aromatic carbocycles. The molecule has 0 fully saturated rings. The van der Waals surface area contributed by atoms with Crippen molar-refractivity contribution in [1.82, 2.24) is 5.32 Å². The van der Waals surface area contributed by atoms with Gasteiger partial charge < -0.3 is 18.9 Å². The van der Waals surface area contributed by atoms with Gasteiger partial charge in [-0.05, 0) is 31.2 Å². The van der Waals surface area contributed by atoms with Crippen LogP contribution in [-0.4, -0.2) is 44.4 Å². The van der Waals surface area contributed by atoms with Gasteiger partial charge in [0.15, 0.2) is 6.61 Å². The van der Waals surface area contributed by atoms with Crippen molar-refractivity contribution in [2.24, 2.45) is 0 Å². The van der Waals surface area contributed by atoms with E-state index in [0.29, 0.717) is 11.5 Å². The summed E-state index contributed by atoms with van der Waals surface area (Å²) in [5.74, 6) is -0.526. The Morgan fingerprint density at radius 2 is 1.54 bits per heavy atom. The summed E-state index contributed by atoms with van der Waals surface area (Å²) in [5, 5.41) is 1.93. The SMILES string of the molecule is CCOC(=O)NC(=O)COC(=O)c1ccccc1OCCOc1ccccc1. The first-order valence-electron chi connectivity index (χ1n) is 8.63. The molecule has 2 aromatic rings. The van der Waals surface area contributed by atoms with Crippen LogP contribution in [0.1, 0.15) is 17.3 Å². The lowest BCUT2D eigenvalue weighted by molar-refractivity contribution is -0.123. The van der Waals surface area contributed by atoms with Crippen LogP contribution in [0.25, 0.3) is 0 Å². The second-order valence-electron chi connectivity index (χ2n) is 5.35. The lowest BCUT2D eigenvalue weighted by Crippen LogP contribution is -2.34. The smallest absolute Gasteiger partial charge is 0.413 e. The summed E-state index contributed by atoms with van der Waals surface area (Å²) in [6, 6.07) is 15.7. The predicted molar refractivity (Wildman–Crippen MR) is 99.3 cm³/mol. The minimum absolute atomic E-state index is 0.123. The molecule has 0 atom stereocenters. The van der Waals surface area contributed by atoms with Crippen molar-refractivity contribution in [2.45, 2.75) is 6.92 Å². The molecule has 0 aliphatic carbocycles. The van der Waals surface area contributed by atoms with Crippen LogP contribution < -0.4 is 14.8 Å². The summed E-state index contributed by atoms with van der Waals surface area (Å²) in [6.07, 6.45) is -0.898. The van der Waals surface area contributed by atoms with Crippen LogP contribution in [-0.2, 0) is 14.3 Å². The molecule has 148 valence electrons. The average molecular weight is 387 g/mol. The van der Waals surface area contributed by atoms with E-state index < -0.39 is 24.6 Å². The third-order valence-electron chi connectivity index (χ3n) is 3.31. The number of ether oxygens (including phenoxy) is 4. The highest BCUT2D eigenvalue weighted by Gasteiger charge is 2.16. The van der Waals surface area contributed by atoms with Crippen LogP contribution in [0.5, 0.6) is 11.5 Å². The van der Waals surface area contributed by atoms with Gasteiger partial charge in [0.1, 0.15) is 30.3 Å². The molecule has 0 aliphatic rings. The number of para-hydroxylation sites is 2. The van der Waals surface area contributed by atoms with Gasteiger partial charge in [0.2, 0.25) is 0 Å². The van der Waals surface area contributed by atoms with Gasteiger partial charge in [0, 0.05) is 0 Å². The number of esters is 1. The van der Waals surface area contributed by atoms with Crippen LogP contribution in [0.4, 0.5) is 4.79 Å². The summed E-state index contributed by atoms with van der Waals surface area (Å²) in [6.45, 7) is 1.60. The van der Waals surface area contributed by atoms with Crippen molar-refractivity contribution in [3.63, 3.8) is 0 Å². The molecule has 0 heterocycles. The molecule has 1 N–H and O–H groups in total. The van der Waals surface area contributed by atoms with E-state index in [-0.39, 0.29) is 25.4 Å². The second kappa shape index (κ2) is 11.2. The Hall–Kier alpha value is -3.55. The highest BCUT2D eigenvalue weighted by molar-refractivity contribution is 5.96. The third kappa shape index (κ3) is 6.99. The first-order chi connectivity index (χ1) is 13.6. The lowest BCUT2D eigenvalue weighted by atomic mass is 10.2. The maximum absolute atomic E-state index is 12.2. The van der Waals surface area contributed by atoms with Gasteiger partial charge in [-0.25, -0.2) is 9.59 Å². The number of nitrogens with one attached hydrogen (secondary N) is 1. The number of hydrogen-bond acceptors (Lipinski definition) is 7. The van der Waals surface area contributed by atoms with Crippen molar-refractivity contribution in [3.05, 3.63) is 60.2 Å². The normalized spacial score (nSPS) is 9.89. The first-order valence-corrected chi connectivity index (χ1v) is 8.63. The molecule has 0 unspecified atom stereocenters. The van der Waals surface area contributed by atoms with Crippen molar-refractivity contribution >= 4 is 18.0 Å². The molecular weight excluding hydrogens is 366 g/mol. The van der Waals surface area contributed by atoms with E-state index in [4.69, 9.17) is 14.2 Å². The van der Waals surface area contributed by atoms with Crippen molar-refractivity contribution in [2.75, 3.05) is 26.4 Å². The minimum atomic E-state index is -0.898. The molecule has 0 radical (unpaired) electrons.